The molecule has 3 aromatic rings. The maximum atomic E-state index is 13.2. The lowest BCUT2D eigenvalue weighted by molar-refractivity contribution is 0.0950. The van der Waals surface area contributed by atoms with Crippen molar-refractivity contribution in [2.24, 2.45) is 0 Å². The number of hydrazine groups is 1. The zero-order valence-electron chi connectivity index (χ0n) is 14.0. The first kappa shape index (κ1) is 19.2. The molecule has 0 bridgehead atoms. The highest BCUT2D eigenvalue weighted by molar-refractivity contribution is 7.89. The van der Waals surface area contributed by atoms with Crippen molar-refractivity contribution in [1.29, 1.82) is 0 Å². The van der Waals surface area contributed by atoms with Crippen molar-refractivity contribution < 1.29 is 22.0 Å². The Morgan fingerprint density at radius 2 is 1.70 bits per heavy atom. The molecule has 0 aliphatic rings. The average molecular weight is 408 g/mol. The lowest BCUT2D eigenvalue weighted by Gasteiger charge is -2.09. The van der Waals surface area contributed by atoms with E-state index in [2.05, 4.69) is 5.43 Å². The van der Waals surface area contributed by atoms with Gasteiger partial charge in [0.1, 0.15) is 4.88 Å². The summed E-state index contributed by atoms with van der Waals surface area (Å²) in [5.74, 6) is -3.13. The van der Waals surface area contributed by atoms with Gasteiger partial charge < -0.3 is 0 Å². The minimum atomic E-state index is -4.25. The molecule has 0 aliphatic heterocycles. The highest BCUT2D eigenvalue weighted by Gasteiger charge is 2.20. The van der Waals surface area contributed by atoms with E-state index in [0.717, 1.165) is 28.5 Å². The van der Waals surface area contributed by atoms with Crippen LogP contribution in [0.5, 0.6) is 0 Å². The second-order valence-electron chi connectivity index (χ2n) is 5.66. The van der Waals surface area contributed by atoms with Gasteiger partial charge in [0.25, 0.3) is 15.9 Å². The van der Waals surface area contributed by atoms with Crippen LogP contribution < -0.4 is 10.3 Å². The molecule has 0 atom stereocenters. The second-order valence-corrected chi connectivity index (χ2v) is 8.26. The van der Waals surface area contributed by atoms with E-state index in [1.54, 1.807) is 11.4 Å². The first-order valence-corrected chi connectivity index (χ1v) is 10.1. The molecule has 2 N–H and O–H groups in total. The van der Waals surface area contributed by atoms with Gasteiger partial charge in [0.15, 0.2) is 11.6 Å². The number of hydrogen-bond acceptors (Lipinski definition) is 4. The maximum Gasteiger partial charge on any atom is 0.276 e. The number of carbonyl (C=O) groups excluding carboxylic acids is 1. The van der Waals surface area contributed by atoms with Gasteiger partial charge in [-0.3, -0.25) is 10.2 Å². The van der Waals surface area contributed by atoms with Crippen molar-refractivity contribution in [3.63, 3.8) is 0 Å². The van der Waals surface area contributed by atoms with Crippen LogP contribution in [-0.2, 0) is 10.0 Å². The maximum absolute atomic E-state index is 13.2. The summed E-state index contributed by atoms with van der Waals surface area (Å²) in [4.78, 5) is 14.1. The fourth-order valence-corrected chi connectivity index (χ4v) is 3.98. The first-order valence-electron chi connectivity index (χ1n) is 7.69. The normalized spacial score (nSPS) is 11.4. The number of hydrogen-bond donors (Lipinski definition) is 2. The van der Waals surface area contributed by atoms with E-state index < -0.39 is 32.5 Å². The van der Waals surface area contributed by atoms with Gasteiger partial charge in [0, 0.05) is 5.56 Å². The number of nitrogens with one attached hydrogen (secondary N) is 2. The van der Waals surface area contributed by atoms with Crippen molar-refractivity contribution >= 4 is 27.3 Å². The average Bonchev–Trinajstić information content (AvgIpc) is 3.12. The molecule has 0 fully saturated rings. The highest BCUT2D eigenvalue weighted by Crippen LogP contribution is 2.28. The number of halogens is 2. The van der Waals surface area contributed by atoms with E-state index in [0.29, 0.717) is 22.6 Å². The van der Waals surface area contributed by atoms with Gasteiger partial charge >= 0.3 is 0 Å². The highest BCUT2D eigenvalue weighted by atomic mass is 32.2. The van der Waals surface area contributed by atoms with Crippen LogP contribution >= 0.6 is 11.3 Å². The van der Waals surface area contributed by atoms with Crippen LogP contribution in [-0.4, -0.2) is 14.3 Å². The van der Waals surface area contributed by atoms with E-state index in [9.17, 15) is 22.0 Å². The molecule has 0 unspecified atom stereocenters. The molecule has 0 saturated carbocycles. The predicted molar refractivity (Wildman–Crippen MR) is 98.6 cm³/mol. The van der Waals surface area contributed by atoms with E-state index in [4.69, 9.17) is 0 Å². The number of carbonyl (C=O) groups is 1. The van der Waals surface area contributed by atoms with Crippen molar-refractivity contribution in [3.8, 4) is 11.1 Å². The molecule has 140 valence electrons. The molecule has 9 heteroatoms. The lowest BCUT2D eigenvalue weighted by atomic mass is 10.1. The summed E-state index contributed by atoms with van der Waals surface area (Å²) in [6.45, 7) is 1.94. The minimum Gasteiger partial charge on any atom is -0.273 e. The van der Waals surface area contributed by atoms with Crippen molar-refractivity contribution in [2.45, 2.75) is 11.8 Å². The Morgan fingerprint density at radius 1 is 1.00 bits per heavy atom. The molecular formula is C18H14F2N2O3S2. The number of aryl methyl sites for hydroxylation is 1. The van der Waals surface area contributed by atoms with Gasteiger partial charge in [0.05, 0.1) is 4.90 Å². The quantitative estimate of drug-likeness (QED) is 0.633. The molecule has 0 spiro atoms. The van der Waals surface area contributed by atoms with E-state index in [1.165, 1.54) is 0 Å². The zero-order chi connectivity index (χ0) is 19.6. The van der Waals surface area contributed by atoms with Gasteiger partial charge in [0.2, 0.25) is 0 Å². The number of amides is 1. The monoisotopic (exact) mass is 408 g/mol. The van der Waals surface area contributed by atoms with Crippen molar-refractivity contribution in [2.75, 3.05) is 0 Å². The Balaban J connectivity index is 1.77. The predicted octanol–water partition coefficient (Wildman–Crippen LogP) is 3.63. The Bertz CT molecular complexity index is 1090. The van der Waals surface area contributed by atoms with Gasteiger partial charge in [-0.1, -0.05) is 29.8 Å². The molecular weight excluding hydrogens is 394 g/mol. The number of rotatable bonds is 5. The van der Waals surface area contributed by atoms with Crippen LogP contribution in [0, 0.1) is 18.6 Å². The van der Waals surface area contributed by atoms with Gasteiger partial charge in [-0.15, -0.1) is 16.2 Å². The largest absolute Gasteiger partial charge is 0.276 e. The molecule has 1 amide bonds. The summed E-state index contributed by atoms with van der Waals surface area (Å²) in [5.41, 5.74) is 4.64. The summed E-state index contributed by atoms with van der Waals surface area (Å²) < 4.78 is 50.5. The van der Waals surface area contributed by atoms with Gasteiger partial charge in [-0.25, -0.2) is 17.2 Å². The van der Waals surface area contributed by atoms with Crippen LogP contribution in [0.1, 0.15) is 15.2 Å². The van der Waals surface area contributed by atoms with Crippen molar-refractivity contribution in [3.05, 3.63) is 76.0 Å². The molecule has 27 heavy (non-hydrogen) atoms. The number of thiophene rings is 1. The summed E-state index contributed by atoms with van der Waals surface area (Å²) in [6, 6.07) is 11.4. The fraction of sp³-hybridized carbons (Fsp3) is 0.0556. The number of benzene rings is 2. The minimum absolute atomic E-state index is 0.312. The SMILES string of the molecule is Cc1ccc(-c2ccsc2C(=O)NNS(=O)(=O)c2ccc(F)c(F)c2)cc1. The fourth-order valence-electron chi connectivity index (χ4n) is 2.32. The topological polar surface area (TPSA) is 75.3 Å². The molecule has 2 aromatic carbocycles. The summed E-state index contributed by atoms with van der Waals surface area (Å²) >= 11 is 1.15. The molecule has 0 radical (unpaired) electrons. The van der Waals surface area contributed by atoms with E-state index >= 15 is 0 Å². The summed E-state index contributed by atoms with van der Waals surface area (Å²) in [5, 5.41) is 1.72. The van der Waals surface area contributed by atoms with Crippen LogP contribution in [0.4, 0.5) is 8.78 Å². The Morgan fingerprint density at radius 3 is 2.37 bits per heavy atom. The van der Waals surface area contributed by atoms with E-state index in [1.807, 2.05) is 36.0 Å². The summed E-state index contributed by atoms with van der Waals surface area (Å²) in [6.07, 6.45) is 0. The molecule has 0 aliphatic carbocycles. The van der Waals surface area contributed by atoms with E-state index in [-0.39, 0.29) is 0 Å². The zero-order valence-corrected chi connectivity index (χ0v) is 15.6. The Hall–Kier alpha value is -2.62. The third kappa shape index (κ3) is 4.21. The van der Waals surface area contributed by atoms with Crippen molar-refractivity contribution in [1.82, 2.24) is 10.3 Å². The Labute approximate surface area is 158 Å². The molecule has 1 aromatic heterocycles. The third-order valence-electron chi connectivity index (χ3n) is 3.73. The smallest absolute Gasteiger partial charge is 0.273 e. The summed E-state index contributed by atoms with van der Waals surface area (Å²) in [7, 11) is -4.25. The molecule has 1 heterocycles. The standard InChI is InChI=1S/C18H14F2N2O3S2/c1-11-2-4-12(5-3-11)14-8-9-26-17(14)18(23)21-22-27(24,25)13-6-7-15(19)16(20)10-13/h2-10,22H,1H3,(H,21,23). The Kier molecular flexibility index (Phi) is 5.36. The van der Waals surface area contributed by atoms with Crippen LogP contribution in [0.25, 0.3) is 11.1 Å². The molecule has 0 saturated heterocycles. The first-order chi connectivity index (χ1) is 12.8. The second kappa shape index (κ2) is 7.55. The van der Waals surface area contributed by atoms with Crippen LogP contribution in [0.15, 0.2) is 58.8 Å². The number of sulfonamides is 1. The van der Waals surface area contributed by atoms with Gasteiger partial charge in [-0.2, -0.15) is 0 Å². The third-order valence-corrected chi connectivity index (χ3v) is 5.89. The van der Waals surface area contributed by atoms with Gasteiger partial charge in [-0.05, 0) is 42.1 Å². The van der Waals surface area contributed by atoms with Crippen LogP contribution in [0.2, 0.25) is 0 Å². The molecule has 5 nitrogen and oxygen atoms in total. The lowest BCUT2D eigenvalue weighted by Crippen LogP contribution is -2.41. The molecule has 3 rings (SSSR count). The van der Waals surface area contributed by atoms with Crippen LogP contribution in [0.3, 0.4) is 0 Å².